The van der Waals surface area contributed by atoms with Crippen molar-refractivity contribution in [1.82, 2.24) is 0 Å². The van der Waals surface area contributed by atoms with Crippen LogP contribution in [0.5, 0.6) is 5.75 Å². The molecule has 0 fully saturated rings. The summed E-state index contributed by atoms with van der Waals surface area (Å²) in [5.41, 5.74) is 0.837. The molecule has 0 aromatic heterocycles. The number of nitriles is 1. The normalized spacial score (nSPS) is 9.18. The number of nitrogens with zero attached hydrogens (tertiary/aromatic N) is 1. The quantitative estimate of drug-likeness (QED) is 0.644. The molecule has 0 unspecified atom stereocenters. The van der Waals surface area contributed by atoms with Gasteiger partial charge >= 0.3 is 0 Å². The van der Waals surface area contributed by atoms with E-state index in [-0.39, 0.29) is 11.3 Å². The summed E-state index contributed by atoms with van der Waals surface area (Å²) in [7, 11) is 0. The summed E-state index contributed by atoms with van der Waals surface area (Å²) in [6.07, 6.45) is 0. The second-order valence-corrected chi connectivity index (χ2v) is 2.67. The van der Waals surface area contributed by atoms with Gasteiger partial charge in [-0.05, 0) is 24.6 Å². The summed E-state index contributed by atoms with van der Waals surface area (Å²) in [5, 5.41) is 18.2. The van der Waals surface area contributed by atoms with Gasteiger partial charge in [0, 0.05) is 5.02 Å². The number of aryl methyl sites for hydroxylation is 1. The lowest BCUT2D eigenvalue weighted by molar-refractivity contribution is 0.469. The molecule has 0 bridgehead atoms. The Bertz CT molecular complexity index is 328. The van der Waals surface area contributed by atoms with Crippen LogP contribution in [-0.4, -0.2) is 5.11 Å². The Labute approximate surface area is 69.7 Å². The van der Waals surface area contributed by atoms with E-state index in [9.17, 15) is 5.11 Å². The van der Waals surface area contributed by atoms with Crippen molar-refractivity contribution in [3.05, 3.63) is 28.3 Å². The maximum atomic E-state index is 9.24. The first-order chi connectivity index (χ1) is 5.15. The Morgan fingerprint density at radius 3 is 2.73 bits per heavy atom. The third-order valence-corrected chi connectivity index (χ3v) is 1.60. The molecular weight excluding hydrogens is 162 g/mol. The highest BCUT2D eigenvalue weighted by Crippen LogP contribution is 2.25. The number of halogens is 1. The number of aromatic hydroxyl groups is 1. The molecule has 0 aliphatic heterocycles. The fourth-order valence-electron chi connectivity index (χ4n) is 0.821. The molecule has 11 heavy (non-hydrogen) atoms. The molecule has 3 heteroatoms. The Kier molecular flexibility index (Phi) is 2.02. The summed E-state index contributed by atoms with van der Waals surface area (Å²) in [6.45, 7) is 1.70. The van der Waals surface area contributed by atoms with Gasteiger partial charge in [-0.2, -0.15) is 5.26 Å². The van der Waals surface area contributed by atoms with E-state index in [2.05, 4.69) is 0 Å². The van der Waals surface area contributed by atoms with Crippen LogP contribution in [0, 0.1) is 18.3 Å². The van der Waals surface area contributed by atoms with Crippen LogP contribution in [0.2, 0.25) is 5.02 Å². The van der Waals surface area contributed by atoms with Gasteiger partial charge in [-0.15, -0.1) is 0 Å². The maximum absolute atomic E-state index is 9.24. The molecule has 0 radical (unpaired) electrons. The zero-order valence-electron chi connectivity index (χ0n) is 5.93. The average molecular weight is 168 g/mol. The van der Waals surface area contributed by atoms with Crippen LogP contribution >= 0.6 is 11.6 Å². The van der Waals surface area contributed by atoms with Crippen molar-refractivity contribution in [3.63, 3.8) is 0 Å². The van der Waals surface area contributed by atoms with Crippen molar-refractivity contribution in [2.75, 3.05) is 0 Å². The molecule has 0 spiro atoms. The van der Waals surface area contributed by atoms with Crippen molar-refractivity contribution >= 4 is 11.6 Å². The van der Waals surface area contributed by atoms with Crippen molar-refractivity contribution in [2.45, 2.75) is 6.92 Å². The Hall–Kier alpha value is -1.20. The lowest BCUT2D eigenvalue weighted by atomic mass is 10.1. The van der Waals surface area contributed by atoms with E-state index >= 15 is 0 Å². The lowest BCUT2D eigenvalue weighted by Gasteiger charge is -2.00. The van der Waals surface area contributed by atoms with Crippen molar-refractivity contribution < 1.29 is 5.11 Å². The first kappa shape index (κ1) is 7.90. The predicted molar refractivity (Wildman–Crippen MR) is 42.6 cm³/mol. The molecular formula is C8H6ClNO. The number of benzene rings is 1. The van der Waals surface area contributed by atoms with Gasteiger partial charge in [0.25, 0.3) is 0 Å². The van der Waals surface area contributed by atoms with E-state index in [0.29, 0.717) is 10.6 Å². The molecule has 0 aliphatic rings. The van der Waals surface area contributed by atoms with Gasteiger partial charge in [-0.25, -0.2) is 0 Å². The van der Waals surface area contributed by atoms with Gasteiger partial charge in [0.2, 0.25) is 0 Å². The minimum Gasteiger partial charge on any atom is -0.506 e. The van der Waals surface area contributed by atoms with Crippen LogP contribution in [-0.2, 0) is 0 Å². The van der Waals surface area contributed by atoms with Crippen molar-refractivity contribution in [2.24, 2.45) is 0 Å². The standard InChI is InChI=1S/C8H6ClNO/c1-5-2-7(9)3-6(4-10)8(5)11/h2-3,11H,1H3. The SMILES string of the molecule is Cc1cc(Cl)cc(C#N)c1O. The zero-order chi connectivity index (χ0) is 8.43. The molecule has 56 valence electrons. The molecule has 2 nitrogen and oxygen atoms in total. The van der Waals surface area contributed by atoms with Crippen LogP contribution in [0.15, 0.2) is 12.1 Å². The molecule has 1 aromatic rings. The van der Waals surface area contributed by atoms with Crippen molar-refractivity contribution in [1.29, 1.82) is 5.26 Å². The van der Waals surface area contributed by atoms with E-state index < -0.39 is 0 Å². The van der Waals surface area contributed by atoms with E-state index in [1.54, 1.807) is 13.0 Å². The topological polar surface area (TPSA) is 44.0 Å². The van der Waals surface area contributed by atoms with Gasteiger partial charge in [0.15, 0.2) is 0 Å². The van der Waals surface area contributed by atoms with Gasteiger partial charge < -0.3 is 5.11 Å². The Morgan fingerprint density at radius 1 is 1.55 bits per heavy atom. The van der Waals surface area contributed by atoms with Gasteiger partial charge in [-0.1, -0.05) is 11.6 Å². The monoisotopic (exact) mass is 167 g/mol. The fraction of sp³-hybridized carbons (Fsp3) is 0.125. The second-order valence-electron chi connectivity index (χ2n) is 2.23. The number of phenols is 1. The molecule has 0 saturated carbocycles. The Morgan fingerprint density at radius 2 is 2.18 bits per heavy atom. The largest absolute Gasteiger partial charge is 0.506 e. The lowest BCUT2D eigenvalue weighted by Crippen LogP contribution is -1.80. The summed E-state index contributed by atoms with van der Waals surface area (Å²) < 4.78 is 0. The van der Waals surface area contributed by atoms with Gasteiger partial charge in [0.1, 0.15) is 11.8 Å². The second kappa shape index (κ2) is 2.81. The summed E-state index contributed by atoms with van der Waals surface area (Å²) in [6, 6.07) is 4.89. The third kappa shape index (κ3) is 1.44. The number of rotatable bonds is 0. The van der Waals surface area contributed by atoms with Crippen LogP contribution < -0.4 is 0 Å². The zero-order valence-corrected chi connectivity index (χ0v) is 6.68. The minimum atomic E-state index is 0.0110. The highest BCUT2D eigenvalue weighted by molar-refractivity contribution is 6.30. The van der Waals surface area contributed by atoms with Crippen LogP contribution in [0.3, 0.4) is 0 Å². The van der Waals surface area contributed by atoms with Crippen LogP contribution in [0.25, 0.3) is 0 Å². The highest BCUT2D eigenvalue weighted by atomic mass is 35.5. The molecule has 1 N–H and O–H groups in total. The maximum Gasteiger partial charge on any atom is 0.136 e. The molecule has 0 heterocycles. The number of hydrogen-bond acceptors (Lipinski definition) is 2. The minimum absolute atomic E-state index is 0.0110. The number of hydrogen-bond donors (Lipinski definition) is 1. The van der Waals surface area contributed by atoms with E-state index in [4.69, 9.17) is 16.9 Å². The van der Waals surface area contributed by atoms with Gasteiger partial charge in [0.05, 0.1) is 5.56 Å². The van der Waals surface area contributed by atoms with E-state index in [0.717, 1.165) is 0 Å². The first-order valence-corrected chi connectivity index (χ1v) is 3.42. The molecule has 1 rings (SSSR count). The molecule has 0 atom stereocenters. The van der Waals surface area contributed by atoms with Gasteiger partial charge in [-0.3, -0.25) is 0 Å². The number of phenolic OH excluding ortho intramolecular Hbond substituents is 1. The molecule has 1 aromatic carbocycles. The fourth-order valence-corrected chi connectivity index (χ4v) is 1.09. The van der Waals surface area contributed by atoms with Crippen LogP contribution in [0.4, 0.5) is 0 Å². The highest BCUT2D eigenvalue weighted by Gasteiger charge is 2.04. The summed E-state index contributed by atoms with van der Waals surface area (Å²) in [5.74, 6) is 0.0110. The van der Waals surface area contributed by atoms with E-state index in [1.807, 2.05) is 6.07 Å². The van der Waals surface area contributed by atoms with Crippen LogP contribution in [0.1, 0.15) is 11.1 Å². The molecule has 0 amide bonds. The smallest absolute Gasteiger partial charge is 0.136 e. The molecule has 0 saturated heterocycles. The predicted octanol–water partition coefficient (Wildman–Crippen LogP) is 2.23. The average Bonchev–Trinajstić information content (AvgIpc) is 1.96. The first-order valence-electron chi connectivity index (χ1n) is 3.04. The third-order valence-electron chi connectivity index (χ3n) is 1.39. The summed E-state index contributed by atoms with van der Waals surface area (Å²) >= 11 is 5.64. The van der Waals surface area contributed by atoms with Crippen molar-refractivity contribution in [3.8, 4) is 11.8 Å². The van der Waals surface area contributed by atoms with E-state index in [1.165, 1.54) is 6.07 Å². The summed E-state index contributed by atoms with van der Waals surface area (Å²) in [4.78, 5) is 0. The molecule has 0 aliphatic carbocycles. The Balaban J connectivity index is 3.39.